The Bertz CT molecular complexity index is 982. The van der Waals surface area contributed by atoms with E-state index in [-0.39, 0.29) is 17.5 Å². The Labute approximate surface area is 128 Å². The second kappa shape index (κ2) is 5.27. The molecule has 0 spiro atoms. The summed E-state index contributed by atoms with van der Waals surface area (Å²) in [5, 5.41) is 10.7. The fourth-order valence-corrected chi connectivity index (χ4v) is 3.35. The molecule has 22 heavy (non-hydrogen) atoms. The molecule has 2 heterocycles. The average Bonchev–Trinajstić information content (AvgIpc) is 2.96. The Morgan fingerprint density at radius 2 is 1.91 bits per heavy atom. The molecule has 0 unspecified atom stereocenters. The number of carboxylic acids is 1. The highest BCUT2D eigenvalue weighted by molar-refractivity contribution is 7.17. The second-order valence-electron chi connectivity index (χ2n) is 4.85. The summed E-state index contributed by atoms with van der Waals surface area (Å²) in [6.07, 6.45) is 0. The number of aromatic nitrogens is 2. The van der Waals surface area contributed by atoms with Crippen LogP contribution in [0.1, 0.15) is 15.9 Å². The highest BCUT2D eigenvalue weighted by atomic mass is 32.1. The van der Waals surface area contributed by atoms with E-state index in [0.717, 1.165) is 21.5 Å². The minimum atomic E-state index is -1.17. The molecule has 0 saturated heterocycles. The van der Waals surface area contributed by atoms with Crippen molar-refractivity contribution in [2.75, 3.05) is 0 Å². The van der Waals surface area contributed by atoms with Crippen LogP contribution >= 0.6 is 11.3 Å². The monoisotopic (exact) mass is 316 g/mol. The number of hydrogen-bond acceptors (Lipinski definition) is 4. The molecule has 0 amide bonds. The molecule has 7 heteroatoms. The summed E-state index contributed by atoms with van der Waals surface area (Å²) in [5.74, 6) is -1.17. The molecular weight excluding hydrogens is 304 g/mol. The molecular formula is C15H12N2O4S. The molecule has 112 valence electrons. The van der Waals surface area contributed by atoms with E-state index in [1.54, 1.807) is 0 Å². The first-order valence-corrected chi connectivity index (χ1v) is 7.37. The van der Waals surface area contributed by atoms with Crippen molar-refractivity contribution >= 4 is 27.5 Å². The van der Waals surface area contributed by atoms with Crippen LogP contribution in [0, 0.1) is 0 Å². The first-order valence-electron chi connectivity index (χ1n) is 6.49. The summed E-state index contributed by atoms with van der Waals surface area (Å²) in [4.78, 5) is 36.6. The van der Waals surface area contributed by atoms with E-state index < -0.39 is 17.2 Å². The van der Waals surface area contributed by atoms with E-state index in [4.69, 9.17) is 0 Å². The zero-order valence-electron chi connectivity index (χ0n) is 11.6. The van der Waals surface area contributed by atoms with Gasteiger partial charge in [0.15, 0.2) is 0 Å². The van der Waals surface area contributed by atoms with Crippen LogP contribution in [0.15, 0.2) is 45.3 Å². The van der Waals surface area contributed by atoms with Crippen molar-refractivity contribution < 1.29 is 9.90 Å². The molecule has 3 aromatic rings. The number of rotatable bonds is 3. The topological polar surface area (TPSA) is 81.3 Å². The third-order valence-electron chi connectivity index (χ3n) is 3.47. The smallest absolute Gasteiger partial charge is 0.337 e. The van der Waals surface area contributed by atoms with Crippen LogP contribution in [0.25, 0.3) is 10.2 Å². The van der Waals surface area contributed by atoms with Crippen molar-refractivity contribution in [2.45, 2.75) is 6.54 Å². The Morgan fingerprint density at radius 3 is 2.55 bits per heavy atom. The van der Waals surface area contributed by atoms with Gasteiger partial charge in [-0.05, 0) is 5.56 Å². The van der Waals surface area contributed by atoms with Crippen molar-refractivity contribution in [1.29, 1.82) is 0 Å². The average molecular weight is 316 g/mol. The zero-order valence-corrected chi connectivity index (χ0v) is 12.5. The molecule has 1 aromatic carbocycles. The van der Waals surface area contributed by atoms with Gasteiger partial charge < -0.3 is 5.11 Å². The summed E-state index contributed by atoms with van der Waals surface area (Å²) in [5.41, 5.74) is -0.295. The zero-order chi connectivity index (χ0) is 15.9. The molecule has 0 bridgehead atoms. The van der Waals surface area contributed by atoms with Gasteiger partial charge in [-0.3, -0.25) is 13.9 Å². The fourth-order valence-electron chi connectivity index (χ4n) is 2.35. The predicted molar refractivity (Wildman–Crippen MR) is 83.8 cm³/mol. The number of carbonyl (C=O) groups is 1. The normalized spacial score (nSPS) is 11.0. The minimum Gasteiger partial charge on any atom is -0.478 e. The van der Waals surface area contributed by atoms with Crippen molar-refractivity contribution in [2.24, 2.45) is 7.05 Å². The van der Waals surface area contributed by atoms with Gasteiger partial charge in [-0.2, -0.15) is 0 Å². The van der Waals surface area contributed by atoms with Gasteiger partial charge in [0.1, 0.15) is 4.83 Å². The van der Waals surface area contributed by atoms with Crippen LogP contribution in [0.4, 0.5) is 0 Å². The number of carboxylic acid groups (broad SMARTS) is 1. The van der Waals surface area contributed by atoms with Gasteiger partial charge in [0, 0.05) is 12.4 Å². The number of thiophene rings is 1. The number of aromatic carboxylic acids is 1. The van der Waals surface area contributed by atoms with Gasteiger partial charge in [0.05, 0.1) is 17.5 Å². The number of aryl methyl sites for hydroxylation is 1. The van der Waals surface area contributed by atoms with Gasteiger partial charge in [-0.15, -0.1) is 11.3 Å². The third kappa shape index (κ3) is 2.15. The summed E-state index contributed by atoms with van der Waals surface area (Å²) < 4.78 is 2.38. The Morgan fingerprint density at radius 1 is 1.23 bits per heavy atom. The number of hydrogen-bond donors (Lipinski definition) is 1. The molecule has 0 aliphatic rings. The summed E-state index contributed by atoms with van der Waals surface area (Å²) in [7, 11) is 1.54. The molecule has 0 aliphatic carbocycles. The molecule has 3 rings (SSSR count). The second-order valence-corrected chi connectivity index (χ2v) is 5.71. The van der Waals surface area contributed by atoms with E-state index in [9.17, 15) is 19.5 Å². The fraction of sp³-hybridized carbons (Fsp3) is 0.133. The quantitative estimate of drug-likeness (QED) is 0.794. The van der Waals surface area contributed by atoms with Crippen LogP contribution in [-0.4, -0.2) is 20.2 Å². The number of benzene rings is 1. The van der Waals surface area contributed by atoms with Crippen LogP contribution in [0.2, 0.25) is 0 Å². The van der Waals surface area contributed by atoms with E-state index in [0.29, 0.717) is 4.83 Å². The van der Waals surface area contributed by atoms with Gasteiger partial charge >= 0.3 is 11.7 Å². The maximum absolute atomic E-state index is 12.6. The summed E-state index contributed by atoms with van der Waals surface area (Å²) in [6, 6.07) is 9.09. The highest BCUT2D eigenvalue weighted by Gasteiger charge is 2.19. The van der Waals surface area contributed by atoms with Gasteiger partial charge in [-0.25, -0.2) is 9.59 Å². The molecule has 0 fully saturated rings. The van der Waals surface area contributed by atoms with Crippen molar-refractivity contribution in [3.63, 3.8) is 0 Å². The maximum atomic E-state index is 12.6. The largest absolute Gasteiger partial charge is 0.478 e. The molecule has 0 radical (unpaired) electrons. The Balaban J connectivity index is 2.31. The van der Waals surface area contributed by atoms with Crippen LogP contribution in [0.3, 0.4) is 0 Å². The molecule has 1 N–H and O–H groups in total. The number of nitrogens with zero attached hydrogens (tertiary/aromatic N) is 2. The standard InChI is InChI=1S/C15H12N2O4S/c1-16-13-11(10(8-22-13)14(19)20)12(18)17(15(16)21)7-9-5-3-2-4-6-9/h2-6,8H,7H2,1H3,(H,19,20). The van der Waals surface area contributed by atoms with Gasteiger partial charge in [-0.1, -0.05) is 30.3 Å². The van der Waals surface area contributed by atoms with Crippen LogP contribution in [0.5, 0.6) is 0 Å². The van der Waals surface area contributed by atoms with Crippen molar-refractivity contribution in [3.05, 3.63) is 67.7 Å². The predicted octanol–water partition coefficient (Wildman–Crippen LogP) is 1.51. The molecule has 6 nitrogen and oxygen atoms in total. The lowest BCUT2D eigenvalue weighted by molar-refractivity contribution is 0.0699. The van der Waals surface area contributed by atoms with E-state index in [2.05, 4.69) is 0 Å². The maximum Gasteiger partial charge on any atom is 0.337 e. The minimum absolute atomic E-state index is 0.0672. The SMILES string of the molecule is Cn1c(=O)n(Cc2ccccc2)c(=O)c2c(C(=O)O)csc21. The first-order chi connectivity index (χ1) is 10.5. The van der Waals surface area contributed by atoms with Crippen LogP contribution < -0.4 is 11.2 Å². The van der Waals surface area contributed by atoms with Crippen LogP contribution in [-0.2, 0) is 13.6 Å². The van der Waals surface area contributed by atoms with Crippen molar-refractivity contribution in [1.82, 2.24) is 9.13 Å². The molecule has 2 aromatic heterocycles. The lowest BCUT2D eigenvalue weighted by Gasteiger charge is -2.08. The summed E-state index contributed by atoms with van der Waals surface area (Å²) in [6.45, 7) is 0.108. The molecule has 0 aliphatic heterocycles. The lowest BCUT2D eigenvalue weighted by atomic mass is 10.2. The Kier molecular flexibility index (Phi) is 3.42. The van der Waals surface area contributed by atoms with E-state index in [1.165, 1.54) is 17.0 Å². The third-order valence-corrected chi connectivity index (χ3v) is 4.52. The van der Waals surface area contributed by atoms with Crippen molar-refractivity contribution in [3.8, 4) is 0 Å². The highest BCUT2D eigenvalue weighted by Crippen LogP contribution is 2.21. The Hall–Kier alpha value is -2.67. The molecule has 0 saturated carbocycles. The van der Waals surface area contributed by atoms with E-state index in [1.807, 2.05) is 30.3 Å². The molecule has 0 atom stereocenters. The summed E-state index contributed by atoms with van der Waals surface area (Å²) >= 11 is 1.08. The van der Waals surface area contributed by atoms with Gasteiger partial charge in [0.25, 0.3) is 5.56 Å². The van der Waals surface area contributed by atoms with Gasteiger partial charge in [0.2, 0.25) is 0 Å². The first kappa shape index (κ1) is 14.3. The lowest BCUT2D eigenvalue weighted by Crippen LogP contribution is -2.39. The number of fused-ring (bicyclic) bond motifs is 1. The van der Waals surface area contributed by atoms with E-state index >= 15 is 0 Å².